The Labute approximate surface area is 151 Å². The Morgan fingerprint density at radius 2 is 1.85 bits per heavy atom. The Balaban J connectivity index is 1.60. The largest absolute Gasteiger partial charge is 0.334 e. The van der Waals surface area contributed by atoms with Crippen LogP contribution in [0.5, 0.6) is 0 Å². The van der Waals surface area contributed by atoms with Gasteiger partial charge in [0, 0.05) is 18.8 Å². The lowest BCUT2D eigenvalue weighted by Crippen LogP contribution is -2.37. The van der Waals surface area contributed by atoms with E-state index in [9.17, 15) is 9.59 Å². The van der Waals surface area contributed by atoms with Crippen LogP contribution in [0.15, 0.2) is 65.5 Å². The van der Waals surface area contributed by atoms with Gasteiger partial charge in [0.25, 0.3) is 11.5 Å². The van der Waals surface area contributed by atoms with Crippen LogP contribution in [-0.4, -0.2) is 28.9 Å². The molecule has 0 aliphatic carbocycles. The topological polar surface area (TPSA) is 53.2 Å². The highest BCUT2D eigenvalue weighted by molar-refractivity contribution is 5.96. The van der Waals surface area contributed by atoms with E-state index in [1.54, 1.807) is 24.0 Å². The van der Waals surface area contributed by atoms with Gasteiger partial charge in [-0.05, 0) is 47.4 Å². The number of fused-ring (bicyclic) bond motifs is 1. The standard InChI is InChI=1S/C22H20N2O2/c1-15-9-10-20(21(25)23-15)22(26)24-13-11-17(12-14-24)19-8-4-6-16-5-2-3-7-18(16)19/h2-11H,12-14H2,1H3,(H,23,25). The molecule has 4 heteroatoms. The monoisotopic (exact) mass is 344 g/mol. The van der Waals surface area contributed by atoms with Gasteiger partial charge in [-0.25, -0.2) is 0 Å². The Bertz CT molecular complexity index is 1070. The predicted molar refractivity (Wildman–Crippen MR) is 104 cm³/mol. The van der Waals surface area contributed by atoms with Crippen molar-refractivity contribution in [3.8, 4) is 0 Å². The highest BCUT2D eigenvalue weighted by atomic mass is 16.2. The molecule has 2 heterocycles. The number of nitrogens with zero attached hydrogens (tertiary/aromatic N) is 1. The van der Waals surface area contributed by atoms with Crippen LogP contribution < -0.4 is 5.56 Å². The average Bonchev–Trinajstić information content (AvgIpc) is 2.67. The van der Waals surface area contributed by atoms with E-state index >= 15 is 0 Å². The first kappa shape index (κ1) is 16.3. The molecule has 1 aromatic heterocycles. The van der Waals surface area contributed by atoms with Crippen molar-refractivity contribution in [3.63, 3.8) is 0 Å². The summed E-state index contributed by atoms with van der Waals surface area (Å²) in [5.41, 5.74) is 3.12. The Morgan fingerprint density at radius 1 is 1.04 bits per heavy atom. The maximum Gasteiger partial charge on any atom is 0.260 e. The van der Waals surface area contributed by atoms with Gasteiger partial charge in [0.1, 0.15) is 5.56 Å². The number of nitrogens with one attached hydrogen (secondary N) is 1. The minimum Gasteiger partial charge on any atom is -0.334 e. The van der Waals surface area contributed by atoms with Crippen LogP contribution in [0, 0.1) is 6.92 Å². The SMILES string of the molecule is Cc1ccc(C(=O)N2CC=C(c3cccc4ccccc34)CC2)c(=O)[nH]1. The number of rotatable bonds is 2. The van der Waals surface area contributed by atoms with Crippen molar-refractivity contribution in [1.82, 2.24) is 9.88 Å². The van der Waals surface area contributed by atoms with Gasteiger partial charge in [0.05, 0.1) is 0 Å². The first-order valence-corrected chi connectivity index (χ1v) is 8.80. The van der Waals surface area contributed by atoms with E-state index in [1.807, 2.05) is 6.07 Å². The van der Waals surface area contributed by atoms with Gasteiger partial charge in [-0.3, -0.25) is 9.59 Å². The highest BCUT2D eigenvalue weighted by Gasteiger charge is 2.22. The van der Waals surface area contributed by atoms with Crippen molar-refractivity contribution in [3.05, 3.63) is 87.8 Å². The third kappa shape index (κ3) is 2.94. The number of aromatic nitrogens is 1. The summed E-state index contributed by atoms with van der Waals surface area (Å²) in [6.07, 6.45) is 2.88. The number of benzene rings is 2. The number of aromatic amines is 1. The second kappa shape index (κ2) is 6.64. The summed E-state index contributed by atoms with van der Waals surface area (Å²) < 4.78 is 0. The molecule has 2 aromatic carbocycles. The summed E-state index contributed by atoms with van der Waals surface area (Å²) in [4.78, 5) is 29.1. The molecule has 0 fully saturated rings. The van der Waals surface area contributed by atoms with E-state index in [0.717, 1.165) is 12.1 Å². The molecular formula is C22H20N2O2. The molecule has 26 heavy (non-hydrogen) atoms. The first-order chi connectivity index (χ1) is 12.6. The molecule has 0 bridgehead atoms. The zero-order valence-electron chi connectivity index (χ0n) is 14.7. The third-order valence-electron chi connectivity index (χ3n) is 4.92. The molecule has 0 spiro atoms. The van der Waals surface area contributed by atoms with Crippen molar-refractivity contribution in [2.75, 3.05) is 13.1 Å². The van der Waals surface area contributed by atoms with Gasteiger partial charge in [0.2, 0.25) is 0 Å². The number of amides is 1. The van der Waals surface area contributed by atoms with E-state index in [1.165, 1.54) is 21.9 Å². The molecule has 1 aliphatic heterocycles. The number of hydrogen-bond donors (Lipinski definition) is 1. The van der Waals surface area contributed by atoms with Crippen LogP contribution in [0.4, 0.5) is 0 Å². The Hall–Kier alpha value is -3.14. The van der Waals surface area contributed by atoms with Gasteiger partial charge >= 0.3 is 0 Å². The zero-order chi connectivity index (χ0) is 18.1. The quantitative estimate of drug-likeness (QED) is 0.769. The Morgan fingerprint density at radius 3 is 2.62 bits per heavy atom. The molecule has 3 aromatic rings. The summed E-state index contributed by atoms with van der Waals surface area (Å²) in [7, 11) is 0. The third-order valence-corrected chi connectivity index (χ3v) is 4.92. The smallest absolute Gasteiger partial charge is 0.260 e. The molecule has 130 valence electrons. The van der Waals surface area contributed by atoms with Gasteiger partial charge < -0.3 is 9.88 Å². The van der Waals surface area contributed by atoms with Gasteiger partial charge in [0.15, 0.2) is 0 Å². The van der Waals surface area contributed by atoms with Crippen molar-refractivity contribution >= 4 is 22.3 Å². The van der Waals surface area contributed by atoms with Crippen LogP contribution in [0.2, 0.25) is 0 Å². The summed E-state index contributed by atoms with van der Waals surface area (Å²) in [5.74, 6) is -0.209. The molecule has 1 N–H and O–H groups in total. The fourth-order valence-corrected chi connectivity index (χ4v) is 3.51. The molecule has 0 radical (unpaired) electrons. The van der Waals surface area contributed by atoms with E-state index in [4.69, 9.17) is 0 Å². The van der Waals surface area contributed by atoms with Crippen LogP contribution in [-0.2, 0) is 0 Å². The van der Waals surface area contributed by atoms with Crippen molar-refractivity contribution < 1.29 is 4.79 Å². The average molecular weight is 344 g/mol. The summed E-state index contributed by atoms with van der Waals surface area (Å²) in [6, 6.07) is 18.0. The molecule has 0 saturated heterocycles. The van der Waals surface area contributed by atoms with E-state index in [2.05, 4.69) is 47.5 Å². The normalized spacial score (nSPS) is 14.3. The van der Waals surface area contributed by atoms with Crippen LogP contribution >= 0.6 is 0 Å². The van der Waals surface area contributed by atoms with Crippen molar-refractivity contribution in [1.29, 1.82) is 0 Å². The highest BCUT2D eigenvalue weighted by Crippen LogP contribution is 2.29. The van der Waals surface area contributed by atoms with Crippen LogP contribution in [0.1, 0.15) is 28.0 Å². The fraction of sp³-hybridized carbons (Fsp3) is 0.182. The maximum atomic E-state index is 12.7. The molecule has 4 rings (SSSR count). The lowest BCUT2D eigenvalue weighted by molar-refractivity contribution is 0.0771. The van der Waals surface area contributed by atoms with Crippen LogP contribution in [0.25, 0.3) is 16.3 Å². The summed E-state index contributed by atoms with van der Waals surface area (Å²) in [5, 5.41) is 2.45. The van der Waals surface area contributed by atoms with E-state index in [-0.39, 0.29) is 17.0 Å². The second-order valence-corrected chi connectivity index (χ2v) is 6.64. The first-order valence-electron chi connectivity index (χ1n) is 8.80. The molecule has 0 saturated carbocycles. The predicted octanol–water partition coefficient (Wildman–Crippen LogP) is 3.77. The van der Waals surface area contributed by atoms with Crippen molar-refractivity contribution in [2.24, 2.45) is 0 Å². The lowest BCUT2D eigenvalue weighted by Gasteiger charge is -2.27. The number of H-pyrrole nitrogens is 1. The number of pyridine rings is 1. The molecule has 0 atom stereocenters. The lowest BCUT2D eigenvalue weighted by atomic mass is 9.94. The fourth-order valence-electron chi connectivity index (χ4n) is 3.51. The zero-order valence-corrected chi connectivity index (χ0v) is 14.7. The summed E-state index contributed by atoms with van der Waals surface area (Å²) in [6.45, 7) is 2.93. The summed E-state index contributed by atoms with van der Waals surface area (Å²) >= 11 is 0. The number of hydrogen-bond acceptors (Lipinski definition) is 2. The number of carbonyl (C=O) groups excluding carboxylic acids is 1. The Kier molecular flexibility index (Phi) is 4.17. The van der Waals surface area contributed by atoms with Crippen molar-refractivity contribution in [2.45, 2.75) is 13.3 Å². The minimum absolute atomic E-state index is 0.206. The van der Waals surface area contributed by atoms with E-state index in [0.29, 0.717) is 13.1 Å². The number of aryl methyl sites for hydroxylation is 1. The van der Waals surface area contributed by atoms with Gasteiger partial charge in [-0.2, -0.15) is 0 Å². The van der Waals surface area contributed by atoms with Gasteiger partial charge in [-0.1, -0.05) is 48.5 Å². The molecule has 1 amide bonds. The van der Waals surface area contributed by atoms with E-state index < -0.39 is 0 Å². The van der Waals surface area contributed by atoms with Crippen LogP contribution in [0.3, 0.4) is 0 Å². The molecular weight excluding hydrogens is 324 g/mol. The number of carbonyl (C=O) groups is 1. The van der Waals surface area contributed by atoms with Gasteiger partial charge in [-0.15, -0.1) is 0 Å². The molecule has 4 nitrogen and oxygen atoms in total. The maximum absolute atomic E-state index is 12.7. The minimum atomic E-state index is -0.321. The second-order valence-electron chi connectivity index (χ2n) is 6.64. The molecule has 0 unspecified atom stereocenters. The molecule has 1 aliphatic rings.